The maximum Gasteiger partial charge on any atom is 0.240 e. The van der Waals surface area contributed by atoms with Crippen molar-refractivity contribution in [2.75, 3.05) is 11.4 Å². The summed E-state index contributed by atoms with van der Waals surface area (Å²) in [6, 6.07) is 6.63. The van der Waals surface area contributed by atoms with Gasteiger partial charge in [-0.3, -0.25) is 4.79 Å². The average Bonchev–Trinajstić information content (AvgIpc) is 3.13. The molecule has 0 unspecified atom stereocenters. The lowest BCUT2D eigenvalue weighted by atomic mass is 9.85. The molecule has 0 spiro atoms. The Morgan fingerprint density at radius 2 is 2.00 bits per heavy atom. The highest BCUT2D eigenvalue weighted by molar-refractivity contribution is 7.89. The minimum Gasteiger partial charge on any atom is -0.468 e. The van der Waals surface area contributed by atoms with Gasteiger partial charge in [-0.15, -0.1) is 0 Å². The Balaban J connectivity index is 2.01. The van der Waals surface area contributed by atoms with Gasteiger partial charge in [0.25, 0.3) is 0 Å². The number of fused-ring (bicyclic) bond motifs is 1. The lowest BCUT2D eigenvalue weighted by Gasteiger charge is -2.18. The van der Waals surface area contributed by atoms with Gasteiger partial charge in [0.1, 0.15) is 5.76 Å². The fourth-order valence-electron chi connectivity index (χ4n) is 3.25. The minimum atomic E-state index is -3.71. The van der Waals surface area contributed by atoms with E-state index in [2.05, 4.69) is 4.72 Å². The van der Waals surface area contributed by atoms with Gasteiger partial charge >= 0.3 is 0 Å². The molecule has 3 rings (SSSR count). The maximum absolute atomic E-state index is 12.7. The van der Waals surface area contributed by atoms with Crippen molar-refractivity contribution in [1.29, 1.82) is 0 Å². The van der Waals surface area contributed by atoms with Crippen LogP contribution in [0.25, 0.3) is 0 Å². The molecule has 7 heteroatoms. The first-order valence-corrected chi connectivity index (χ1v) is 9.66. The summed E-state index contributed by atoms with van der Waals surface area (Å²) in [4.78, 5) is 14.5. The van der Waals surface area contributed by atoms with Crippen LogP contribution in [0.1, 0.15) is 37.7 Å². The molecular weight excluding hydrogens is 340 g/mol. The zero-order valence-corrected chi connectivity index (χ0v) is 15.6. The highest BCUT2D eigenvalue weighted by Crippen LogP contribution is 2.44. The number of carbonyl (C=O) groups excluding carboxylic acids is 1. The quantitative estimate of drug-likeness (QED) is 0.887. The second-order valence-electron chi connectivity index (χ2n) is 6.71. The summed E-state index contributed by atoms with van der Waals surface area (Å²) in [6.07, 6.45) is 1.50. The number of carbonyl (C=O) groups is 1. The Kier molecular flexibility index (Phi) is 4.25. The number of nitrogens with zero attached hydrogens (tertiary/aromatic N) is 1. The van der Waals surface area contributed by atoms with Crippen LogP contribution in [0.5, 0.6) is 0 Å². The summed E-state index contributed by atoms with van der Waals surface area (Å²) in [6.45, 7) is 8.04. The second-order valence-corrected chi connectivity index (χ2v) is 8.48. The van der Waals surface area contributed by atoms with Crippen LogP contribution in [-0.2, 0) is 26.8 Å². The predicted octanol–water partition coefficient (Wildman–Crippen LogP) is 2.71. The Morgan fingerprint density at radius 3 is 2.60 bits per heavy atom. The Labute approximate surface area is 147 Å². The zero-order chi connectivity index (χ0) is 18.4. The highest BCUT2D eigenvalue weighted by atomic mass is 32.2. The normalized spacial score (nSPS) is 16.3. The van der Waals surface area contributed by atoms with Crippen LogP contribution in [0, 0.1) is 6.92 Å². The molecule has 0 fully saturated rings. The molecule has 2 heterocycles. The van der Waals surface area contributed by atoms with E-state index in [1.54, 1.807) is 29.2 Å². The Hall–Kier alpha value is -2.12. The zero-order valence-electron chi connectivity index (χ0n) is 14.8. The molecule has 1 amide bonds. The van der Waals surface area contributed by atoms with Crippen molar-refractivity contribution in [3.63, 3.8) is 0 Å². The summed E-state index contributed by atoms with van der Waals surface area (Å²) in [5.41, 5.74) is 1.60. The van der Waals surface area contributed by atoms with Crippen molar-refractivity contribution in [3.05, 3.63) is 47.4 Å². The van der Waals surface area contributed by atoms with Gasteiger partial charge in [0.05, 0.1) is 28.8 Å². The number of rotatable bonds is 5. The van der Waals surface area contributed by atoms with Gasteiger partial charge in [0.2, 0.25) is 15.9 Å². The number of benzene rings is 1. The fourth-order valence-corrected chi connectivity index (χ4v) is 4.36. The van der Waals surface area contributed by atoms with Crippen molar-refractivity contribution in [1.82, 2.24) is 4.72 Å². The first-order chi connectivity index (χ1) is 11.7. The third-order valence-corrected chi connectivity index (χ3v) is 6.02. The standard InChI is InChI=1S/C18H22N2O4S/c1-5-20-16-12(2)9-14(10-15(16)18(3,4)17(20)21)25(22,23)19-11-13-7-6-8-24-13/h6-10,19H,5,11H2,1-4H3. The van der Waals surface area contributed by atoms with Crippen LogP contribution in [0.3, 0.4) is 0 Å². The monoisotopic (exact) mass is 362 g/mol. The molecule has 0 radical (unpaired) electrons. The van der Waals surface area contributed by atoms with Crippen molar-refractivity contribution >= 4 is 21.6 Å². The number of furan rings is 1. The van der Waals surface area contributed by atoms with Gasteiger partial charge in [-0.1, -0.05) is 0 Å². The highest BCUT2D eigenvalue weighted by Gasteiger charge is 2.44. The second kappa shape index (κ2) is 6.00. The van der Waals surface area contributed by atoms with E-state index in [9.17, 15) is 13.2 Å². The number of aryl methyl sites for hydroxylation is 1. The number of anilines is 1. The molecule has 0 atom stereocenters. The number of nitrogens with one attached hydrogen (secondary N) is 1. The van der Waals surface area contributed by atoms with E-state index >= 15 is 0 Å². The van der Waals surface area contributed by atoms with E-state index in [4.69, 9.17) is 4.42 Å². The molecule has 0 bridgehead atoms. The molecular formula is C18H22N2O4S. The number of sulfonamides is 1. The van der Waals surface area contributed by atoms with Crippen molar-refractivity contribution < 1.29 is 17.6 Å². The van der Waals surface area contributed by atoms with E-state index in [0.717, 1.165) is 16.8 Å². The van der Waals surface area contributed by atoms with Crippen LogP contribution in [0.4, 0.5) is 5.69 Å². The van der Waals surface area contributed by atoms with E-state index in [1.807, 2.05) is 27.7 Å². The fraction of sp³-hybridized carbons (Fsp3) is 0.389. The summed E-state index contributed by atoms with van der Waals surface area (Å²) in [7, 11) is -3.71. The summed E-state index contributed by atoms with van der Waals surface area (Å²) < 4.78 is 33.0. The summed E-state index contributed by atoms with van der Waals surface area (Å²) in [5.74, 6) is 0.528. The Bertz CT molecular complexity index is 915. The molecule has 6 nitrogen and oxygen atoms in total. The molecule has 0 saturated heterocycles. The average molecular weight is 362 g/mol. The van der Waals surface area contributed by atoms with E-state index in [0.29, 0.717) is 12.3 Å². The van der Waals surface area contributed by atoms with Gasteiger partial charge < -0.3 is 9.32 Å². The lowest BCUT2D eigenvalue weighted by Crippen LogP contribution is -2.36. The predicted molar refractivity (Wildman–Crippen MR) is 95.0 cm³/mol. The minimum absolute atomic E-state index is 0.00815. The first-order valence-electron chi connectivity index (χ1n) is 8.17. The number of hydrogen-bond donors (Lipinski definition) is 1. The molecule has 0 saturated carbocycles. The van der Waals surface area contributed by atoms with Crippen LogP contribution in [0.2, 0.25) is 0 Å². The molecule has 1 aliphatic rings. The van der Waals surface area contributed by atoms with Crippen LogP contribution < -0.4 is 9.62 Å². The van der Waals surface area contributed by atoms with Gasteiger partial charge in [-0.05, 0) is 63.1 Å². The van der Waals surface area contributed by atoms with Gasteiger partial charge in [-0.25, -0.2) is 13.1 Å². The van der Waals surface area contributed by atoms with Crippen LogP contribution in [-0.4, -0.2) is 20.9 Å². The SMILES string of the molecule is CCN1C(=O)C(C)(C)c2cc(S(=O)(=O)NCc3ccco3)cc(C)c21. The summed E-state index contributed by atoms with van der Waals surface area (Å²) >= 11 is 0. The third-order valence-electron chi connectivity index (χ3n) is 4.64. The number of amides is 1. The number of likely N-dealkylation sites (N-methyl/N-ethyl adjacent to an activating group) is 1. The van der Waals surface area contributed by atoms with Crippen LogP contribution >= 0.6 is 0 Å². The first kappa shape index (κ1) is 17.7. The molecule has 1 aromatic carbocycles. The largest absolute Gasteiger partial charge is 0.468 e. The van der Waals surface area contributed by atoms with E-state index < -0.39 is 15.4 Å². The lowest BCUT2D eigenvalue weighted by molar-refractivity contribution is -0.122. The smallest absolute Gasteiger partial charge is 0.240 e. The third kappa shape index (κ3) is 2.87. The van der Waals surface area contributed by atoms with Crippen molar-refractivity contribution in [2.45, 2.75) is 44.6 Å². The van der Waals surface area contributed by atoms with Crippen molar-refractivity contribution in [3.8, 4) is 0 Å². The maximum atomic E-state index is 12.7. The van der Waals surface area contributed by atoms with Crippen molar-refractivity contribution in [2.24, 2.45) is 0 Å². The Morgan fingerprint density at radius 1 is 1.28 bits per heavy atom. The molecule has 2 aromatic rings. The molecule has 134 valence electrons. The van der Waals surface area contributed by atoms with E-state index in [-0.39, 0.29) is 17.3 Å². The van der Waals surface area contributed by atoms with E-state index in [1.165, 1.54) is 6.26 Å². The van der Waals surface area contributed by atoms with Gasteiger partial charge in [-0.2, -0.15) is 0 Å². The van der Waals surface area contributed by atoms with Gasteiger partial charge in [0.15, 0.2) is 0 Å². The molecule has 0 aliphatic carbocycles. The molecule has 1 aliphatic heterocycles. The molecule has 25 heavy (non-hydrogen) atoms. The summed E-state index contributed by atoms with van der Waals surface area (Å²) in [5, 5.41) is 0. The molecule has 1 N–H and O–H groups in total. The topological polar surface area (TPSA) is 79.6 Å². The van der Waals surface area contributed by atoms with Gasteiger partial charge in [0, 0.05) is 6.54 Å². The number of hydrogen-bond acceptors (Lipinski definition) is 4. The molecule has 1 aromatic heterocycles. The van der Waals surface area contributed by atoms with Crippen LogP contribution in [0.15, 0.2) is 39.8 Å².